The molecule has 4 nitrogen and oxygen atoms in total. The second kappa shape index (κ2) is 6.99. The van der Waals surface area contributed by atoms with Crippen LogP contribution in [0.1, 0.15) is 11.1 Å². The van der Waals surface area contributed by atoms with E-state index in [0.717, 1.165) is 34.9 Å². The Morgan fingerprint density at radius 1 is 1.00 bits per heavy atom. The predicted octanol–water partition coefficient (Wildman–Crippen LogP) is 2.80. The summed E-state index contributed by atoms with van der Waals surface area (Å²) >= 11 is 0. The van der Waals surface area contributed by atoms with Crippen molar-refractivity contribution in [2.75, 3.05) is 26.2 Å². The molecular weight excluding hydrogens is 264 g/mol. The molecule has 0 saturated carbocycles. The van der Waals surface area contributed by atoms with Gasteiger partial charge in [0.1, 0.15) is 11.5 Å². The highest BCUT2D eigenvalue weighted by Crippen LogP contribution is 2.29. The number of ether oxygens (including phenoxy) is 2. The van der Waals surface area contributed by atoms with Gasteiger partial charge >= 0.3 is 0 Å². The van der Waals surface area contributed by atoms with Crippen LogP contribution in [0.4, 0.5) is 5.69 Å². The lowest BCUT2D eigenvalue weighted by molar-refractivity contribution is 0.408. The maximum absolute atomic E-state index is 5.72. The fourth-order valence-corrected chi connectivity index (χ4v) is 2.37. The van der Waals surface area contributed by atoms with Crippen molar-refractivity contribution in [3.8, 4) is 11.5 Å². The molecule has 0 fully saturated rings. The van der Waals surface area contributed by atoms with Crippen molar-refractivity contribution < 1.29 is 9.47 Å². The summed E-state index contributed by atoms with van der Waals surface area (Å²) in [5, 5.41) is 0. The first-order valence-electron chi connectivity index (χ1n) is 6.89. The molecule has 0 aliphatic rings. The van der Waals surface area contributed by atoms with Crippen LogP contribution in [-0.4, -0.2) is 21.3 Å². The van der Waals surface area contributed by atoms with E-state index >= 15 is 0 Å². The monoisotopic (exact) mass is 286 g/mol. The van der Waals surface area contributed by atoms with E-state index in [0.29, 0.717) is 6.54 Å². The highest BCUT2D eigenvalue weighted by molar-refractivity contribution is 5.58. The molecule has 2 N–H and O–H groups in total. The van der Waals surface area contributed by atoms with Crippen molar-refractivity contribution in [3.05, 3.63) is 53.6 Å². The Hall–Kier alpha value is -2.20. The zero-order chi connectivity index (χ0) is 15.2. The maximum Gasteiger partial charge on any atom is 0.142 e. The Bertz CT molecular complexity index is 599. The summed E-state index contributed by atoms with van der Waals surface area (Å²) in [7, 11) is 5.40. The molecule has 0 unspecified atom stereocenters. The summed E-state index contributed by atoms with van der Waals surface area (Å²) in [5.74, 6) is 1.72. The highest BCUT2D eigenvalue weighted by Gasteiger charge is 2.11. The standard InChI is InChI=1S/C17H22N2O2/c1-19(15-6-4-5-7-17(15)21-3)12-14-10-13(11-18)8-9-16(14)20-2/h4-10H,11-12,18H2,1-3H3. The number of hydrogen-bond acceptors (Lipinski definition) is 4. The number of nitrogens with zero attached hydrogens (tertiary/aromatic N) is 1. The fraction of sp³-hybridized carbons (Fsp3) is 0.294. The minimum atomic E-state index is 0.523. The number of methoxy groups -OCH3 is 2. The predicted molar refractivity (Wildman–Crippen MR) is 86.0 cm³/mol. The third kappa shape index (κ3) is 3.47. The maximum atomic E-state index is 5.72. The largest absolute Gasteiger partial charge is 0.496 e. The number of para-hydroxylation sites is 2. The Labute approximate surface area is 126 Å². The second-order valence-electron chi connectivity index (χ2n) is 4.88. The molecule has 2 aromatic carbocycles. The number of hydrogen-bond donors (Lipinski definition) is 1. The minimum Gasteiger partial charge on any atom is -0.496 e. The van der Waals surface area contributed by atoms with Crippen LogP contribution in [0, 0.1) is 0 Å². The summed E-state index contributed by atoms with van der Waals surface area (Å²) in [6, 6.07) is 14.0. The SMILES string of the molecule is COc1ccc(CN)cc1CN(C)c1ccccc1OC. The Balaban J connectivity index is 2.28. The highest BCUT2D eigenvalue weighted by atomic mass is 16.5. The summed E-state index contributed by atoms with van der Waals surface area (Å²) in [5.41, 5.74) is 8.97. The van der Waals surface area contributed by atoms with Gasteiger partial charge in [-0.15, -0.1) is 0 Å². The van der Waals surface area contributed by atoms with Gasteiger partial charge in [-0.25, -0.2) is 0 Å². The van der Waals surface area contributed by atoms with Gasteiger partial charge in [0.2, 0.25) is 0 Å². The van der Waals surface area contributed by atoms with Gasteiger partial charge in [-0.05, 0) is 29.8 Å². The lowest BCUT2D eigenvalue weighted by Gasteiger charge is -2.23. The fourth-order valence-electron chi connectivity index (χ4n) is 2.37. The molecule has 0 aliphatic carbocycles. The zero-order valence-electron chi connectivity index (χ0n) is 12.8. The number of rotatable bonds is 6. The van der Waals surface area contributed by atoms with Gasteiger partial charge in [0.15, 0.2) is 0 Å². The van der Waals surface area contributed by atoms with Crippen LogP contribution in [0.2, 0.25) is 0 Å². The van der Waals surface area contributed by atoms with E-state index in [-0.39, 0.29) is 0 Å². The van der Waals surface area contributed by atoms with Crippen LogP contribution in [0.5, 0.6) is 11.5 Å². The van der Waals surface area contributed by atoms with Crippen LogP contribution in [0.15, 0.2) is 42.5 Å². The first kappa shape index (κ1) is 15.2. The van der Waals surface area contributed by atoms with Gasteiger partial charge in [0.25, 0.3) is 0 Å². The van der Waals surface area contributed by atoms with E-state index in [1.807, 2.05) is 43.4 Å². The average Bonchev–Trinajstić information content (AvgIpc) is 2.54. The number of anilines is 1. The summed E-state index contributed by atoms with van der Waals surface area (Å²) in [4.78, 5) is 2.14. The molecule has 0 saturated heterocycles. The molecule has 0 bridgehead atoms. The van der Waals surface area contributed by atoms with Crippen molar-refractivity contribution in [3.63, 3.8) is 0 Å². The van der Waals surface area contributed by atoms with Crippen molar-refractivity contribution >= 4 is 5.69 Å². The lowest BCUT2D eigenvalue weighted by Crippen LogP contribution is -2.18. The summed E-state index contributed by atoms with van der Waals surface area (Å²) < 4.78 is 10.9. The third-order valence-corrected chi connectivity index (χ3v) is 3.48. The molecule has 21 heavy (non-hydrogen) atoms. The van der Waals surface area contributed by atoms with E-state index in [9.17, 15) is 0 Å². The Kier molecular flexibility index (Phi) is 5.06. The normalized spacial score (nSPS) is 10.3. The first-order valence-corrected chi connectivity index (χ1v) is 6.89. The van der Waals surface area contributed by atoms with Crippen LogP contribution >= 0.6 is 0 Å². The molecule has 0 heterocycles. The Morgan fingerprint density at radius 3 is 2.38 bits per heavy atom. The molecule has 0 spiro atoms. The van der Waals surface area contributed by atoms with Gasteiger partial charge in [0.05, 0.1) is 19.9 Å². The van der Waals surface area contributed by atoms with Crippen LogP contribution in [0.3, 0.4) is 0 Å². The van der Waals surface area contributed by atoms with Crippen molar-refractivity contribution in [2.24, 2.45) is 5.73 Å². The van der Waals surface area contributed by atoms with Gasteiger partial charge in [-0.3, -0.25) is 0 Å². The second-order valence-corrected chi connectivity index (χ2v) is 4.88. The summed E-state index contributed by atoms with van der Waals surface area (Å²) in [6.07, 6.45) is 0. The molecule has 112 valence electrons. The van der Waals surface area contributed by atoms with E-state index < -0.39 is 0 Å². The number of benzene rings is 2. The van der Waals surface area contributed by atoms with Gasteiger partial charge in [-0.1, -0.05) is 18.2 Å². The summed E-state index contributed by atoms with van der Waals surface area (Å²) in [6.45, 7) is 1.24. The van der Waals surface area contributed by atoms with Gasteiger partial charge in [0, 0.05) is 25.7 Å². The molecule has 0 radical (unpaired) electrons. The molecule has 2 aromatic rings. The molecule has 0 amide bonds. The topological polar surface area (TPSA) is 47.7 Å². The minimum absolute atomic E-state index is 0.523. The zero-order valence-corrected chi connectivity index (χ0v) is 12.8. The molecule has 0 aromatic heterocycles. The molecular formula is C17H22N2O2. The molecule has 2 rings (SSSR count). The molecule has 0 atom stereocenters. The van der Waals surface area contributed by atoms with E-state index in [1.165, 1.54) is 0 Å². The molecule has 0 aliphatic heterocycles. The van der Waals surface area contributed by atoms with Crippen LogP contribution < -0.4 is 20.1 Å². The third-order valence-electron chi connectivity index (χ3n) is 3.48. The van der Waals surface area contributed by atoms with Crippen LogP contribution in [0.25, 0.3) is 0 Å². The van der Waals surface area contributed by atoms with Crippen molar-refractivity contribution in [1.29, 1.82) is 0 Å². The quantitative estimate of drug-likeness (QED) is 0.887. The van der Waals surface area contributed by atoms with Gasteiger partial charge in [-0.2, -0.15) is 0 Å². The lowest BCUT2D eigenvalue weighted by atomic mass is 10.1. The van der Waals surface area contributed by atoms with E-state index in [2.05, 4.69) is 11.0 Å². The van der Waals surface area contributed by atoms with E-state index in [4.69, 9.17) is 15.2 Å². The van der Waals surface area contributed by atoms with E-state index in [1.54, 1.807) is 14.2 Å². The van der Waals surface area contributed by atoms with Crippen molar-refractivity contribution in [1.82, 2.24) is 0 Å². The smallest absolute Gasteiger partial charge is 0.142 e. The average molecular weight is 286 g/mol. The van der Waals surface area contributed by atoms with Crippen LogP contribution in [-0.2, 0) is 13.1 Å². The number of nitrogens with two attached hydrogens (primary N) is 1. The Morgan fingerprint density at radius 2 is 1.71 bits per heavy atom. The van der Waals surface area contributed by atoms with Crippen molar-refractivity contribution in [2.45, 2.75) is 13.1 Å². The first-order chi connectivity index (χ1) is 10.2. The van der Waals surface area contributed by atoms with Gasteiger partial charge < -0.3 is 20.1 Å². The molecule has 4 heteroatoms.